The number of carbonyl (C=O) groups excluding carboxylic acids is 1. The Morgan fingerprint density at radius 3 is 2.47 bits per heavy atom. The molecule has 0 unspecified atom stereocenters. The fraction of sp³-hybridized carbons (Fsp3) is 0.200. The molecule has 0 saturated heterocycles. The Kier molecular flexibility index (Phi) is 6.50. The molecule has 0 spiro atoms. The first-order valence-electron chi connectivity index (χ1n) is 10.3. The molecule has 0 fully saturated rings. The molecule has 4 nitrogen and oxygen atoms in total. The number of imidazole rings is 1. The van der Waals surface area contributed by atoms with Crippen molar-refractivity contribution in [2.24, 2.45) is 0 Å². The largest absolute Gasteiger partial charge is 0.325 e. The average molecular weight is 416 g/mol. The van der Waals surface area contributed by atoms with Crippen LogP contribution in [-0.2, 0) is 11.2 Å². The van der Waals surface area contributed by atoms with Gasteiger partial charge in [-0.3, -0.25) is 9.36 Å². The highest BCUT2D eigenvalue weighted by Gasteiger charge is 2.14. The van der Waals surface area contributed by atoms with Gasteiger partial charge in [0.1, 0.15) is 0 Å². The van der Waals surface area contributed by atoms with Gasteiger partial charge < -0.3 is 5.32 Å². The Balaban J connectivity index is 1.46. The van der Waals surface area contributed by atoms with Crippen molar-refractivity contribution in [3.8, 4) is 5.69 Å². The standard InChI is InChI=1S/C25H25N3OS/c1-2-3-9-19-14-16-20(17-15-19)26-24(29)18-30-25-27-22-12-7-8-13-23(22)28(25)21-10-5-4-6-11-21/h4-8,10-17H,2-3,9,18H2,1H3,(H,26,29). The molecule has 3 aromatic carbocycles. The maximum atomic E-state index is 12.5. The molecule has 1 N–H and O–H groups in total. The van der Waals surface area contributed by atoms with Crippen molar-refractivity contribution >= 4 is 34.4 Å². The number of aryl methyl sites for hydroxylation is 1. The normalized spacial score (nSPS) is 11.0. The van der Waals surface area contributed by atoms with Crippen molar-refractivity contribution in [2.45, 2.75) is 31.3 Å². The number of benzene rings is 3. The van der Waals surface area contributed by atoms with Gasteiger partial charge in [-0.05, 0) is 54.8 Å². The van der Waals surface area contributed by atoms with Crippen LogP contribution in [0.4, 0.5) is 5.69 Å². The third-order valence-corrected chi connectivity index (χ3v) is 5.87. The Labute approximate surface area is 181 Å². The van der Waals surface area contributed by atoms with E-state index in [1.807, 2.05) is 48.5 Å². The van der Waals surface area contributed by atoms with Crippen LogP contribution in [0.2, 0.25) is 0 Å². The Bertz CT molecular complexity index is 1120. The zero-order valence-corrected chi connectivity index (χ0v) is 17.9. The van der Waals surface area contributed by atoms with E-state index >= 15 is 0 Å². The molecule has 30 heavy (non-hydrogen) atoms. The lowest BCUT2D eigenvalue weighted by Gasteiger charge is -2.09. The molecule has 0 aliphatic heterocycles. The van der Waals surface area contributed by atoms with Crippen molar-refractivity contribution in [3.05, 3.63) is 84.4 Å². The van der Waals surface area contributed by atoms with E-state index in [4.69, 9.17) is 4.98 Å². The summed E-state index contributed by atoms with van der Waals surface area (Å²) in [5, 5.41) is 3.80. The highest BCUT2D eigenvalue weighted by Crippen LogP contribution is 2.28. The third-order valence-electron chi connectivity index (χ3n) is 4.93. The van der Waals surface area contributed by atoms with E-state index < -0.39 is 0 Å². The number of anilines is 1. The molecular formula is C25H25N3OS. The maximum Gasteiger partial charge on any atom is 0.234 e. The minimum Gasteiger partial charge on any atom is -0.325 e. The van der Waals surface area contributed by atoms with Gasteiger partial charge in [0, 0.05) is 11.4 Å². The minimum absolute atomic E-state index is 0.0343. The summed E-state index contributed by atoms with van der Waals surface area (Å²) in [6.07, 6.45) is 3.45. The van der Waals surface area contributed by atoms with Gasteiger partial charge in [-0.2, -0.15) is 0 Å². The van der Waals surface area contributed by atoms with Gasteiger partial charge in [0.05, 0.1) is 16.8 Å². The summed E-state index contributed by atoms with van der Waals surface area (Å²) in [4.78, 5) is 17.3. The highest BCUT2D eigenvalue weighted by atomic mass is 32.2. The lowest BCUT2D eigenvalue weighted by molar-refractivity contribution is -0.113. The van der Waals surface area contributed by atoms with E-state index in [0.29, 0.717) is 5.75 Å². The first kappa shape index (κ1) is 20.2. The number of nitrogens with zero attached hydrogens (tertiary/aromatic N) is 2. The van der Waals surface area contributed by atoms with Crippen LogP contribution in [0.25, 0.3) is 16.7 Å². The number of rotatable bonds is 8. The quantitative estimate of drug-likeness (QED) is 0.354. The predicted molar refractivity (Wildman–Crippen MR) is 125 cm³/mol. The van der Waals surface area contributed by atoms with Crippen molar-refractivity contribution in [1.29, 1.82) is 0 Å². The highest BCUT2D eigenvalue weighted by molar-refractivity contribution is 7.99. The van der Waals surface area contributed by atoms with E-state index in [9.17, 15) is 4.79 Å². The van der Waals surface area contributed by atoms with Gasteiger partial charge in [0.15, 0.2) is 5.16 Å². The number of hydrogen-bond acceptors (Lipinski definition) is 3. The van der Waals surface area contributed by atoms with Crippen molar-refractivity contribution in [2.75, 3.05) is 11.1 Å². The molecular weight excluding hydrogens is 390 g/mol. The monoisotopic (exact) mass is 415 g/mol. The molecule has 0 radical (unpaired) electrons. The molecule has 1 aromatic heterocycles. The molecule has 0 atom stereocenters. The summed E-state index contributed by atoms with van der Waals surface area (Å²) in [6, 6.07) is 26.3. The van der Waals surface area contributed by atoms with Crippen LogP contribution in [-0.4, -0.2) is 21.2 Å². The Morgan fingerprint density at radius 2 is 1.70 bits per heavy atom. The number of para-hydroxylation sites is 3. The fourth-order valence-electron chi connectivity index (χ4n) is 3.39. The molecule has 0 saturated carbocycles. The summed E-state index contributed by atoms with van der Waals surface area (Å²) >= 11 is 1.45. The van der Waals surface area contributed by atoms with Crippen molar-refractivity contribution < 1.29 is 4.79 Å². The zero-order valence-electron chi connectivity index (χ0n) is 17.0. The number of aromatic nitrogens is 2. The van der Waals surface area contributed by atoms with Crippen LogP contribution in [0.5, 0.6) is 0 Å². The number of carbonyl (C=O) groups is 1. The lowest BCUT2D eigenvalue weighted by atomic mass is 10.1. The summed E-state index contributed by atoms with van der Waals surface area (Å²) in [5.74, 6) is 0.265. The smallest absolute Gasteiger partial charge is 0.234 e. The van der Waals surface area contributed by atoms with E-state index in [1.54, 1.807) is 0 Å². The molecule has 5 heteroatoms. The van der Waals surface area contributed by atoms with Crippen LogP contribution in [0.3, 0.4) is 0 Å². The summed E-state index contributed by atoms with van der Waals surface area (Å²) < 4.78 is 2.11. The first-order chi connectivity index (χ1) is 14.7. The third kappa shape index (κ3) is 4.74. The second-order valence-electron chi connectivity index (χ2n) is 7.19. The van der Waals surface area contributed by atoms with Crippen molar-refractivity contribution in [3.63, 3.8) is 0 Å². The molecule has 1 amide bonds. The number of nitrogens with one attached hydrogen (secondary N) is 1. The second kappa shape index (κ2) is 9.63. The van der Waals surface area contributed by atoms with Crippen molar-refractivity contribution in [1.82, 2.24) is 9.55 Å². The van der Waals surface area contributed by atoms with Gasteiger partial charge >= 0.3 is 0 Å². The van der Waals surface area contributed by atoms with Crippen LogP contribution >= 0.6 is 11.8 Å². The van der Waals surface area contributed by atoms with Crippen LogP contribution in [0.1, 0.15) is 25.3 Å². The number of amides is 1. The fourth-order valence-corrected chi connectivity index (χ4v) is 4.22. The summed E-state index contributed by atoms with van der Waals surface area (Å²) in [5.41, 5.74) is 5.14. The number of fused-ring (bicyclic) bond motifs is 1. The van der Waals surface area contributed by atoms with Gasteiger partial charge in [0.25, 0.3) is 0 Å². The van der Waals surface area contributed by atoms with E-state index in [1.165, 1.54) is 30.2 Å². The van der Waals surface area contributed by atoms with Crippen LogP contribution in [0, 0.1) is 0 Å². The van der Waals surface area contributed by atoms with Gasteiger partial charge in [-0.15, -0.1) is 0 Å². The maximum absolute atomic E-state index is 12.5. The summed E-state index contributed by atoms with van der Waals surface area (Å²) in [7, 11) is 0. The lowest BCUT2D eigenvalue weighted by Crippen LogP contribution is -2.14. The Morgan fingerprint density at radius 1 is 0.967 bits per heavy atom. The van der Waals surface area contributed by atoms with Crippen LogP contribution < -0.4 is 5.32 Å². The van der Waals surface area contributed by atoms with E-state index in [0.717, 1.165) is 34.0 Å². The Hall–Kier alpha value is -3.05. The second-order valence-corrected chi connectivity index (χ2v) is 8.13. The SMILES string of the molecule is CCCCc1ccc(NC(=O)CSc2nc3ccccc3n2-c2ccccc2)cc1. The van der Waals surface area contributed by atoms with Gasteiger partial charge in [-0.25, -0.2) is 4.98 Å². The molecule has 1 heterocycles. The number of hydrogen-bond donors (Lipinski definition) is 1. The summed E-state index contributed by atoms with van der Waals surface area (Å²) in [6.45, 7) is 2.19. The van der Waals surface area contributed by atoms with E-state index in [-0.39, 0.29) is 5.91 Å². The molecule has 0 bridgehead atoms. The first-order valence-corrected chi connectivity index (χ1v) is 11.3. The molecule has 152 valence electrons. The van der Waals surface area contributed by atoms with Gasteiger partial charge in [-0.1, -0.05) is 67.6 Å². The molecule has 4 rings (SSSR count). The molecule has 0 aliphatic carbocycles. The average Bonchev–Trinajstić information content (AvgIpc) is 3.16. The van der Waals surface area contributed by atoms with Crippen LogP contribution in [0.15, 0.2) is 84.0 Å². The molecule has 0 aliphatic rings. The minimum atomic E-state index is -0.0343. The zero-order chi connectivity index (χ0) is 20.8. The van der Waals surface area contributed by atoms with Gasteiger partial charge in [0.2, 0.25) is 5.91 Å². The number of unbranched alkanes of at least 4 members (excludes halogenated alkanes) is 1. The topological polar surface area (TPSA) is 46.9 Å². The molecule has 4 aromatic rings. The predicted octanol–water partition coefficient (Wildman–Crippen LogP) is 6.10. The van der Waals surface area contributed by atoms with E-state index in [2.05, 4.69) is 47.1 Å². The number of thioether (sulfide) groups is 1.